The summed E-state index contributed by atoms with van der Waals surface area (Å²) >= 11 is 0. The number of piperidine rings is 1. The lowest BCUT2D eigenvalue weighted by molar-refractivity contribution is -0.144. The van der Waals surface area contributed by atoms with E-state index >= 15 is 0 Å². The standard InChI is InChI=1S/C22H24F3N5O/c1-30-20(6-9-28-30)15-2-3-16-13-27-18(11-17(16)10-15)19(12-22(23,24)25)29-21(31)14-4-7-26-8-5-14/h2-3,6,9-11,13-14,19,26H,4-5,7-8,12H2,1H3,(H,29,31). The van der Waals surface area contributed by atoms with E-state index in [0.717, 1.165) is 22.0 Å². The van der Waals surface area contributed by atoms with E-state index in [2.05, 4.69) is 20.7 Å². The molecule has 3 heterocycles. The van der Waals surface area contributed by atoms with Crippen molar-refractivity contribution in [1.29, 1.82) is 0 Å². The first-order valence-corrected chi connectivity index (χ1v) is 10.3. The Morgan fingerprint density at radius 2 is 2.00 bits per heavy atom. The second-order valence-electron chi connectivity index (χ2n) is 7.92. The molecule has 31 heavy (non-hydrogen) atoms. The number of hydrogen-bond acceptors (Lipinski definition) is 4. The Labute approximate surface area is 177 Å². The fourth-order valence-corrected chi connectivity index (χ4v) is 4.00. The predicted molar refractivity (Wildman–Crippen MR) is 111 cm³/mol. The third-order valence-electron chi connectivity index (χ3n) is 5.68. The fourth-order valence-electron chi connectivity index (χ4n) is 4.00. The molecule has 1 aromatic carbocycles. The topological polar surface area (TPSA) is 71.8 Å². The molecule has 0 bridgehead atoms. The molecule has 1 fully saturated rings. The number of aromatic nitrogens is 3. The molecule has 0 spiro atoms. The van der Waals surface area contributed by atoms with Crippen LogP contribution in [0.4, 0.5) is 13.2 Å². The van der Waals surface area contributed by atoms with Crippen LogP contribution in [0.3, 0.4) is 0 Å². The van der Waals surface area contributed by atoms with Gasteiger partial charge in [0.1, 0.15) is 0 Å². The van der Waals surface area contributed by atoms with Gasteiger partial charge in [0.05, 0.1) is 23.9 Å². The molecule has 1 unspecified atom stereocenters. The quantitative estimate of drug-likeness (QED) is 0.646. The van der Waals surface area contributed by atoms with Crippen LogP contribution in [0.2, 0.25) is 0 Å². The van der Waals surface area contributed by atoms with Crippen molar-refractivity contribution in [2.75, 3.05) is 13.1 Å². The number of aryl methyl sites for hydroxylation is 1. The first-order valence-electron chi connectivity index (χ1n) is 10.3. The van der Waals surface area contributed by atoms with E-state index in [9.17, 15) is 18.0 Å². The van der Waals surface area contributed by atoms with Crippen LogP contribution in [0.25, 0.3) is 22.0 Å². The number of halogens is 3. The molecule has 2 aromatic heterocycles. The number of alkyl halides is 3. The Morgan fingerprint density at radius 1 is 1.23 bits per heavy atom. The van der Waals surface area contributed by atoms with Crippen LogP contribution in [-0.2, 0) is 11.8 Å². The van der Waals surface area contributed by atoms with E-state index in [0.29, 0.717) is 25.9 Å². The highest BCUT2D eigenvalue weighted by molar-refractivity contribution is 5.87. The van der Waals surface area contributed by atoms with Crippen molar-refractivity contribution in [3.63, 3.8) is 0 Å². The first kappa shape index (κ1) is 21.3. The summed E-state index contributed by atoms with van der Waals surface area (Å²) in [6.07, 6.45) is -1.12. The van der Waals surface area contributed by atoms with E-state index in [-0.39, 0.29) is 17.5 Å². The zero-order valence-electron chi connectivity index (χ0n) is 17.1. The Bertz CT molecular complexity index is 1070. The minimum absolute atomic E-state index is 0.203. The van der Waals surface area contributed by atoms with Gasteiger partial charge in [-0.1, -0.05) is 12.1 Å². The van der Waals surface area contributed by atoms with Gasteiger partial charge < -0.3 is 10.6 Å². The highest BCUT2D eigenvalue weighted by Crippen LogP contribution is 2.31. The van der Waals surface area contributed by atoms with Crippen molar-refractivity contribution < 1.29 is 18.0 Å². The molecule has 1 aliphatic heterocycles. The van der Waals surface area contributed by atoms with E-state index in [4.69, 9.17) is 0 Å². The van der Waals surface area contributed by atoms with E-state index in [1.54, 1.807) is 23.1 Å². The van der Waals surface area contributed by atoms with E-state index < -0.39 is 18.6 Å². The van der Waals surface area contributed by atoms with E-state index in [1.165, 1.54) is 0 Å². The molecule has 1 amide bonds. The van der Waals surface area contributed by atoms with Crippen molar-refractivity contribution in [3.05, 3.63) is 48.4 Å². The molecule has 0 aliphatic carbocycles. The van der Waals surface area contributed by atoms with Gasteiger partial charge in [0.25, 0.3) is 0 Å². The average Bonchev–Trinajstić information content (AvgIpc) is 3.18. The van der Waals surface area contributed by atoms with Gasteiger partial charge in [0.15, 0.2) is 0 Å². The summed E-state index contributed by atoms with van der Waals surface area (Å²) in [5.41, 5.74) is 2.00. The van der Waals surface area contributed by atoms with Crippen LogP contribution in [0.5, 0.6) is 0 Å². The highest BCUT2D eigenvalue weighted by atomic mass is 19.4. The fraction of sp³-hybridized carbons (Fsp3) is 0.409. The summed E-state index contributed by atoms with van der Waals surface area (Å²) in [4.78, 5) is 16.9. The molecular formula is C22H24F3N5O. The molecule has 6 nitrogen and oxygen atoms in total. The molecule has 2 N–H and O–H groups in total. The Morgan fingerprint density at radius 3 is 2.68 bits per heavy atom. The molecular weight excluding hydrogens is 407 g/mol. The van der Waals surface area contributed by atoms with Gasteiger partial charge in [-0.3, -0.25) is 14.5 Å². The summed E-state index contributed by atoms with van der Waals surface area (Å²) in [6.45, 7) is 1.38. The van der Waals surface area contributed by atoms with Crippen molar-refractivity contribution in [2.24, 2.45) is 13.0 Å². The Hall–Kier alpha value is -2.94. The summed E-state index contributed by atoms with van der Waals surface area (Å²) in [7, 11) is 1.83. The second-order valence-corrected chi connectivity index (χ2v) is 7.92. The largest absolute Gasteiger partial charge is 0.391 e. The maximum atomic E-state index is 13.3. The summed E-state index contributed by atoms with van der Waals surface area (Å²) in [5, 5.41) is 11.5. The monoisotopic (exact) mass is 431 g/mol. The van der Waals surface area contributed by atoms with E-state index in [1.807, 2.05) is 31.3 Å². The van der Waals surface area contributed by atoms with Gasteiger partial charge in [-0.25, -0.2) is 0 Å². The Kier molecular flexibility index (Phi) is 5.95. The lowest BCUT2D eigenvalue weighted by atomic mass is 9.96. The molecule has 1 atom stereocenters. The third-order valence-corrected chi connectivity index (χ3v) is 5.68. The second kappa shape index (κ2) is 8.66. The molecule has 0 saturated carbocycles. The minimum Gasteiger partial charge on any atom is -0.347 e. The number of carbonyl (C=O) groups is 1. The maximum absolute atomic E-state index is 13.3. The van der Waals surface area contributed by atoms with Crippen molar-refractivity contribution in [3.8, 4) is 11.3 Å². The number of benzene rings is 1. The number of pyridine rings is 1. The van der Waals surface area contributed by atoms with Gasteiger partial charge in [-0.2, -0.15) is 18.3 Å². The summed E-state index contributed by atoms with van der Waals surface area (Å²) < 4.78 is 41.6. The number of hydrogen-bond donors (Lipinski definition) is 2. The summed E-state index contributed by atoms with van der Waals surface area (Å²) in [6, 6.07) is 7.97. The molecule has 3 aromatic rings. The molecule has 9 heteroatoms. The van der Waals surface area contributed by atoms with Crippen molar-refractivity contribution >= 4 is 16.7 Å². The number of nitrogens with one attached hydrogen (secondary N) is 2. The first-order chi connectivity index (χ1) is 14.8. The number of amides is 1. The van der Waals surface area contributed by atoms with Crippen LogP contribution in [0.1, 0.15) is 31.0 Å². The number of rotatable bonds is 5. The van der Waals surface area contributed by atoms with Crippen molar-refractivity contribution in [2.45, 2.75) is 31.5 Å². The SMILES string of the molecule is Cn1nccc1-c1ccc2cnc(C(CC(F)(F)F)NC(=O)C3CCNCC3)cc2c1. The van der Waals surface area contributed by atoms with Crippen LogP contribution >= 0.6 is 0 Å². The minimum atomic E-state index is -4.43. The van der Waals surface area contributed by atoms with Crippen molar-refractivity contribution in [1.82, 2.24) is 25.4 Å². The van der Waals surface area contributed by atoms with Crippen LogP contribution in [0.15, 0.2) is 42.7 Å². The molecule has 0 radical (unpaired) electrons. The smallest absolute Gasteiger partial charge is 0.347 e. The zero-order chi connectivity index (χ0) is 22.0. The van der Waals surface area contributed by atoms with Gasteiger partial charge >= 0.3 is 6.18 Å². The van der Waals surface area contributed by atoms with Crippen LogP contribution in [-0.4, -0.2) is 39.9 Å². The number of fused-ring (bicyclic) bond motifs is 1. The summed E-state index contributed by atoms with van der Waals surface area (Å²) in [5.74, 6) is -0.629. The Balaban J connectivity index is 1.65. The molecule has 4 rings (SSSR count). The number of carbonyl (C=O) groups excluding carboxylic acids is 1. The van der Waals surface area contributed by atoms with Crippen LogP contribution in [0, 0.1) is 5.92 Å². The third kappa shape index (κ3) is 5.04. The van der Waals surface area contributed by atoms with Gasteiger partial charge in [-0.05, 0) is 49.5 Å². The van der Waals surface area contributed by atoms with Gasteiger partial charge in [0, 0.05) is 36.3 Å². The van der Waals surface area contributed by atoms with Gasteiger partial charge in [-0.15, -0.1) is 0 Å². The normalized spacial score (nSPS) is 16.4. The maximum Gasteiger partial charge on any atom is 0.391 e. The number of nitrogens with zero attached hydrogens (tertiary/aromatic N) is 3. The molecule has 1 saturated heterocycles. The molecule has 164 valence electrons. The lowest BCUT2D eigenvalue weighted by Gasteiger charge is -2.26. The average molecular weight is 431 g/mol. The lowest BCUT2D eigenvalue weighted by Crippen LogP contribution is -2.40. The van der Waals surface area contributed by atoms with Gasteiger partial charge in [0.2, 0.25) is 5.91 Å². The van der Waals surface area contributed by atoms with Crippen LogP contribution < -0.4 is 10.6 Å². The highest BCUT2D eigenvalue weighted by Gasteiger charge is 2.35. The zero-order valence-corrected chi connectivity index (χ0v) is 17.1. The predicted octanol–water partition coefficient (Wildman–Crippen LogP) is 3.74. The molecule has 1 aliphatic rings.